The van der Waals surface area contributed by atoms with E-state index in [9.17, 15) is 9.59 Å². The van der Waals surface area contributed by atoms with Crippen molar-refractivity contribution < 1.29 is 14.3 Å². The molecule has 5 fully saturated rings. The van der Waals surface area contributed by atoms with E-state index < -0.39 is 5.41 Å². The number of fused-ring (bicyclic) bond motifs is 7. The Balaban J connectivity index is 1.57. The number of ether oxygens (including phenoxy) is 1. The minimum Gasteiger partial charge on any atom is -0.393 e. The van der Waals surface area contributed by atoms with E-state index in [4.69, 9.17) is 4.74 Å². The number of rotatable bonds is 1. The molecule has 0 radical (unpaired) electrons. The summed E-state index contributed by atoms with van der Waals surface area (Å²) in [5, 5.41) is 0. The van der Waals surface area contributed by atoms with Crippen molar-refractivity contribution in [1.82, 2.24) is 0 Å². The van der Waals surface area contributed by atoms with Crippen LogP contribution in [-0.4, -0.2) is 11.9 Å². The highest BCUT2D eigenvalue weighted by Crippen LogP contribution is 2.76. The molecular weight excluding hydrogens is 408 g/mol. The summed E-state index contributed by atoms with van der Waals surface area (Å²) in [5.74, 6) is 3.36. The van der Waals surface area contributed by atoms with Gasteiger partial charge in [0.1, 0.15) is 0 Å². The Morgan fingerprint density at radius 3 is 2.15 bits per heavy atom. The Morgan fingerprint density at radius 2 is 1.48 bits per heavy atom. The standard InChI is InChI=1S/C30H48O3/c1-18(2)19-11-13-27(5)15-16-29(7)20(24(19)27)9-10-22-28(6)17-23(31)33-25(32)26(3,4)21(28)12-14-30(22,29)8/h18-22,24H,9-17H2,1-8H3/t19-,20+,21-,22+,24+,27+,28+,29+,30+/m0/s1. The van der Waals surface area contributed by atoms with Crippen molar-refractivity contribution in [1.29, 1.82) is 0 Å². The van der Waals surface area contributed by atoms with Gasteiger partial charge in [-0.1, -0.05) is 41.5 Å². The van der Waals surface area contributed by atoms with Gasteiger partial charge >= 0.3 is 11.9 Å². The van der Waals surface area contributed by atoms with Gasteiger partial charge in [0.2, 0.25) is 0 Å². The van der Waals surface area contributed by atoms with Gasteiger partial charge in [0, 0.05) is 0 Å². The van der Waals surface area contributed by atoms with Gasteiger partial charge < -0.3 is 4.74 Å². The first-order chi connectivity index (χ1) is 15.2. The Bertz CT molecular complexity index is 859. The van der Waals surface area contributed by atoms with Crippen LogP contribution in [0.25, 0.3) is 0 Å². The summed E-state index contributed by atoms with van der Waals surface area (Å²) in [6.45, 7) is 19.2. The third-order valence-corrected chi connectivity index (χ3v) is 13.2. The second-order valence-electron chi connectivity index (χ2n) is 15.0. The van der Waals surface area contributed by atoms with Crippen LogP contribution in [0.2, 0.25) is 0 Å². The number of hydrogen-bond acceptors (Lipinski definition) is 3. The van der Waals surface area contributed by atoms with E-state index in [2.05, 4.69) is 41.5 Å². The molecule has 186 valence electrons. The molecule has 1 aliphatic heterocycles. The normalized spacial score (nSPS) is 53.4. The molecule has 0 bridgehead atoms. The summed E-state index contributed by atoms with van der Waals surface area (Å²) in [5.41, 5.74) is 0.289. The molecule has 3 nitrogen and oxygen atoms in total. The van der Waals surface area contributed by atoms with Gasteiger partial charge in [0.05, 0.1) is 11.8 Å². The molecule has 5 aliphatic rings. The van der Waals surface area contributed by atoms with Crippen LogP contribution in [0.4, 0.5) is 0 Å². The maximum atomic E-state index is 12.9. The van der Waals surface area contributed by atoms with E-state index in [-0.39, 0.29) is 28.7 Å². The van der Waals surface area contributed by atoms with Crippen molar-refractivity contribution in [2.45, 2.75) is 113 Å². The minimum atomic E-state index is -0.598. The van der Waals surface area contributed by atoms with E-state index in [0.717, 1.165) is 30.1 Å². The van der Waals surface area contributed by atoms with Crippen LogP contribution in [0.5, 0.6) is 0 Å². The maximum absolute atomic E-state index is 12.9. The average Bonchev–Trinajstić information content (AvgIpc) is 3.03. The lowest BCUT2D eigenvalue weighted by Crippen LogP contribution is -2.65. The zero-order chi connectivity index (χ0) is 24.2. The predicted octanol–water partition coefficient (Wildman–Crippen LogP) is 7.42. The SMILES string of the molecule is CC(C)[C@@H]1CC[C@]2(C)CC[C@]3(C)[C@H](CC[C@@H]4[C@]5(C)CC(=O)OC(=O)C(C)(C)[C@@H]5CC[C@]43C)[C@@H]12. The van der Waals surface area contributed by atoms with Crippen molar-refractivity contribution in [3.05, 3.63) is 0 Å². The summed E-state index contributed by atoms with van der Waals surface area (Å²) < 4.78 is 5.36. The van der Waals surface area contributed by atoms with Gasteiger partial charge in [-0.2, -0.15) is 0 Å². The van der Waals surface area contributed by atoms with Crippen molar-refractivity contribution in [2.24, 2.45) is 62.6 Å². The maximum Gasteiger partial charge on any atom is 0.319 e. The van der Waals surface area contributed by atoms with Crippen LogP contribution in [0.1, 0.15) is 113 Å². The summed E-state index contributed by atoms with van der Waals surface area (Å²) in [7, 11) is 0. The summed E-state index contributed by atoms with van der Waals surface area (Å²) >= 11 is 0. The molecule has 0 amide bonds. The fourth-order valence-corrected chi connectivity index (χ4v) is 11.3. The fourth-order valence-electron chi connectivity index (χ4n) is 11.3. The van der Waals surface area contributed by atoms with E-state index in [1.807, 2.05) is 13.8 Å². The Kier molecular flexibility index (Phi) is 5.13. The highest BCUT2D eigenvalue weighted by Gasteiger charge is 2.70. The first-order valence-corrected chi connectivity index (χ1v) is 14.0. The van der Waals surface area contributed by atoms with Crippen LogP contribution >= 0.6 is 0 Å². The predicted molar refractivity (Wildman–Crippen MR) is 131 cm³/mol. The van der Waals surface area contributed by atoms with Crippen LogP contribution < -0.4 is 0 Å². The number of esters is 2. The largest absolute Gasteiger partial charge is 0.393 e. The Hall–Kier alpha value is -0.860. The minimum absolute atomic E-state index is 0.165. The van der Waals surface area contributed by atoms with E-state index in [1.165, 1.54) is 44.9 Å². The molecule has 0 aromatic rings. The zero-order valence-corrected chi connectivity index (χ0v) is 22.6. The lowest BCUT2D eigenvalue weighted by molar-refractivity contribution is -0.227. The number of cyclic esters (lactones) is 2. The second-order valence-corrected chi connectivity index (χ2v) is 15.0. The lowest BCUT2D eigenvalue weighted by Gasteiger charge is -2.71. The quantitative estimate of drug-likeness (QED) is 0.304. The molecule has 0 aromatic carbocycles. The van der Waals surface area contributed by atoms with Crippen molar-refractivity contribution in [2.75, 3.05) is 0 Å². The molecule has 0 unspecified atom stereocenters. The van der Waals surface area contributed by atoms with Crippen LogP contribution in [-0.2, 0) is 14.3 Å². The monoisotopic (exact) mass is 456 g/mol. The third kappa shape index (κ3) is 2.92. The molecule has 5 rings (SSSR count). The fraction of sp³-hybridized carbons (Fsp3) is 0.933. The average molecular weight is 457 g/mol. The summed E-state index contributed by atoms with van der Waals surface area (Å²) in [6.07, 6.45) is 10.7. The van der Waals surface area contributed by atoms with E-state index in [0.29, 0.717) is 23.2 Å². The van der Waals surface area contributed by atoms with Crippen LogP contribution in [0.15, 0.2) is 0 Å². The Labute approximate surface area is 202 Å². The van der Waals surface area contributed by atoms with Gasteiger partial charge in [-0.15, -0.1) is 0 Å². The molecule has 4 saturated carbocycles. The molecular formula is C30H48O3. The third-order valence-electron chi connectivity index (χ3n) is 13.2. The van der Waals surface area contributed by atoms with Crippen molar-refractivity contribution in [3.63, 3.8) is 0 Å². The second kappa shape index (κ2) is 7.10. The first-order valence-electron chi connectivity index (χ1n) is 14.0. The summed E-state index contributed by atoms with van der Waals surface area (Å²) in [4.78, 5) is 25.7. The first kappa shape index (κ1) is 23.9. The van der Waals surface area contributed by atoms with Crippen molar-refractivity contribution >= 4 is 11.9 Å². The number of carbonyl (C=O) groups is 2. The van der Waals surface area contributed by atoms with E-state index in [1.54, 1.807) is 0 Å². The number of hydrogen-bond donors (Lipinski definition) is 0. The van der Waals surface area contributed by atoms with Gasteiger partial charge in [-0.05, 0) is 122 Å². The molecule has 1 saturated heterocycles. The molecule has 9 atom stereocenters. The number of carbonyl (C=O) groups excluding carboxylic acids is 2. The molecule has 33 heavy (non-hydrogen) atoms. The zero-order valence-electron chi connectivity index (χ0n) is 22.6. The topological polar surface area (TPSA) is 43.4 Å². The Morgan fingerprint density at radius 1 is 0.788 bits per heavy atom. The smallest absolute Gasteiger partial charge is 0.319 e. The molecule has 0 N–H and O–H groups in total. The van der Waals surface area contributed by atoms with E-state index >= 15 is 0 Å². The van der Waals surface area contributed by atoms with Gasteiger partial charge in [0.15, 0.2) is 0 Å². The van der Waals surface area contributed by atoms with Crippen LogP contribution in [0.3, 0.4) is 0 Å². The van der Waals surface area contributed by atoms with Gasteiger partial charge in [-0.25, -0.2) is 0 Å². The van der Waals surface area contributed by atoms with Gasteiger partial charge in [-0.3, -0.25) is 9.59 Å². The molecule has 0 aromatic heterocycles. The molecule has 4 aliphatic carbocycles. The molecule has 0 spiro atoms. The molecule has 1 heterocycles. The van der Waals surface area contributed by atoms with Crippen LogP contribution in [0, 0.1) is 62.6 Å². The highest BCUT2D eigenvalue weighted by molar-refractivity contribution is 5.90. The molecule has 3 heteroatoms. The van der Waals surface area contributed by atoms with Gasteiger partial charge in [0.25, 0.3) is 0 Å². The lowest BCUT2D eigenvalue weighted by atomic mass is 9.33. The highest BCUT2D eigenvalue weighted by atomic mass is 16.6. The van der Waals surface area contributed by atoms with Crippen molar-refractivity contribution in [3.8, 4) is 0 Å². The summed E-state index contributed by atoms with van der Waals surface area (Å²) in [6, 6.07) is 0.